The van der Waals surface area contributed by atoms with Crippen LogP contribution in [0.4, 0.5) is 4.39 Å². The Kier molecular flexibility index (Phi) is 4.49. The van der Waals surface area contributed by atoms with Crippen molar-refractivity contribution in [3.63, 3.8) is 0 Å². The van der Waals surface area contributed by atoms with Crippen LogP contribution in [0.2, 0.25) is 0 Å². The highest BCUT2D eigenvalue weighted by molar-refractivity contribution is 5.09. The van der Waals surface area contributed by atoms with Gasteiger partial charge in [0.25, 0.3) is 0 Å². The maximum Gasteiger partial charge on any atom is 0.147 e. The van der Waals surface area contributed by atoms with Gasteiger partial charge in [0.2, 0.25) is 0 Å². The Labute approximate surface area is 82.5 Å². The summed E-state index contributed by atoms with van der Waals surface area (Å²) < 4.78 is 17.9. The normalized spacial score (nSPS) is 12.8. The molecule has 0 aliphatic rings. The number of aromatic nitrogens is 1. The third-order valence-electron chi connectivity index (χ3n) is 1.93. The van der Waals surface area contributed by atoms with Crippen LogP contribution in [0.3, 0.4) is 0 Å². The van der Waals surface area contributed by atoms with Gasteiger partial charge in [0, 0.05) is 19.9 Å². The van der Waals surface area contributed by atoms with E-state index in [1.807, 2.05) is 0 Å². The number of pyridine rings is 1. The van der Waals surface area contributed by atoms with Crippen molar-refractivity contribution in [2.45, 2.75) is 18.9 Å². The van der Waals surface area contributed by atoms with Crippen LogP contribution in [0.1, 0.15) is 24.6 Å². The van der Waals surface area contributed by atoms with Crippen LogP contribution in [0, 0.1) is 5.82 Å². The zero-order chi connectivity index (χ0) is 10.4. The zero-order valence-corrected chi connectivity index (χ0v) is 8.11. The lowest BCUT2D eigenvalue weighted by Crippen LogP contribution is -2.04. The smallest absolute Gasteiger partial charge is 0.147 e. The van der Waals surface area contributed by atoms with E-state index in [2.05, 4.69) is 4.98 Å². The van der Waals surface area contributed by atoms with Crippen molar-refractivity contribution in [2.24, 2.45) is 0 Å². The third-order valence-corrected chi connectivity index (χ3v) is 1.93. The van der Waals surface area contributed by atoms with Crippen LogP contribution in [0.15, 0.2) is 18.3 Å². The highest BCUT2D eigenvalue weighted by Crippen LogP contribution is 2.18. The van der Waals surface area contributed by atoms with Crippen LogP contribution in [0.5, 0.6) is 0 Å². The van der Waals surface area contributed by atoms with E-state index in [0.29, 0.717) is 19.4 Å². The summed E-state index contributed by atoms with van der Waals surface area (Å²) in [5.41, 5.74) is 0.114. The maximum atomic E-state index is 13.1. The first-order chi connectivity index (χ1) is 6.75. The average Bonchev–Trinajstić information content (AvgIpc) is 2.18. The largest absolute Gasteiger partial charge is 0.387 e. The summed E-state index contributed by atoms with van der Waals surface area (Å²) >= 11 is 0. The molecule has 0 aromatic carbocycles. The molecule has 3 nitrogen and oxygen atoms in total. The minimum Gasteiger partial charge on any atom is -0.387 e. The Balaban J connectivity index is 2.51. The summed E-state index contributed by atoms with van der Waals surface area (Å²) in [5, 5.41) is 9.57. The molecule has 1 rings (SSSR count). The van der Waals surface area contributed by atoms with Crippen molar-refractivity contribution >= 4 is 0 Å². The van der Waals surface area contributed by atoms with E-state index in [4.69, 9.17) is 4.74 Å². The van der Waals surface area contributed by atoms with Crippen LogP contribution in [-0.4, -0.2) is 23.8 Å². The van der Waals surface area contributed by atoms with Gasteiger partial charge in [0.05, 0.1) is 6.10 Å². The second kappa shape index (κ2) is 5.67. The van der Waals surface area contributed by atoms with E-state index < -0.39 is 11.9 Å². The second-order valence-electron chi connectivity index (χ2n) is 3.02. The van der Waals surface area contributed by atoms with Crippen molar-refractivity contribution in [2.75, 3.05) is 13.7 Å². The molecule has 4 heteroatoms. The van der Waals surface area contributed by atoms with Gasteiger partial charge >= 0.3 is 0 Å². The fourth-order valence-corrected chi connectivity index (χ4v) is 1.20. The van der Waals surface area contributed by atoms with Gasteiger partial charge in [0.15, 0.2) is 0 Å². The SMILES string of the molecule is COCCCC(O)c1ncccc1F. The lowest BCUT2D eigenvalue weighted by atomic mass is 10.1. The van der Waals surface area contributed by atoms with Crippen LogP contribution in [0.25, 0.3) is 0 Å². The van der Waals surface area contributed by atoms with E-state index in [1.165, 1.54) is 18.3 Å². The lowest BCUT2D eigenvalue weighted by Gasteiger charge is -2.09. The first-order valence-corrected chi connectivity index (χ1v) is 4.53. The third kappa shape index (κ3) is 3.05. The van der Waals surface area contributed by atoms with Gasteiger partial charge in [-0.3, -0.25) is 4.98 Å². The maximum absolute atomic E-state index is 13.1. The zero-order valence-electron chi connectivity index (χ0n) is 8.11. The number of aliphatic hydroxyl groups is 1. The summed E-state index contributed by atoms with van der Waals surface area (Å²) in [4.78, 5) is 3.79. The highest BCUT2D eigenvalue weighted by Gasteiger charge is 2.12. The fraction of sp³-hybridized carbons (Fsp3) is 0.500. The van der Waals surface area contributed by atoms with Crippen molar-refractivity contribution in [1.29, 1.82) is 0 Å². The Hall–Kier alpha value is -1.00. The monoisotopic (exact) mass is 199 g/mol. The molecule has 0 amide bonds. The molecule has 1 unspecified atom stereocenters. The van der Waals surface area contributed by atoms with Crippen LogP contribution >= 0.6 is 0 Å². The van der Waals surface area contributed by atoms with Crippen molar-refractivity contribution in [1.82, 2.24) is 4.98 Å². The summed E-state index contributed by atoms with van der Waals surface area (Å²) in [6.45, 7) is 0.561. The Bertz CT molecular complexity index is 281. The van der Waals surface area contributed by atoms with Gasteiger partial charge in [-0.2, -0.15) is 0 Å². The first-order valence-electron chi connectivity index (χ1n) is 4.53. The molecule has 0 spiro atoms. The van der Waals surface area contributed by atoms with E-state index in [9.17, 15) is 9.50 Å². The topological polar surface area (TPSA) is 42.4 Å². The van der Waals surface area contributed by atoms with Gasteiger partial charge in [-0.05, 0) is 25.0 Å². The van der Waals surface area contributed by atoms with Crippen LogP contribution < -0.4 is 0 Å². The van der Waals surface area contributed by atoms with Gasteiger partial charge in [-0.15, -0.1) is 0 Å². The van der Waals surface area contributed by atoms with Crippen LogP contribution in [-0.2, 0) is 4.74 Å². The number of hydrogen-bond donors (Lipinski definition) is 1. The molecule has 0 aliphatic carbocycles. The molecule has 1 N–H and O–H groups in total. The second-order valence-corrected chi connectivity index (χ2v) is 3.02. The summed E-state index contributed by atoms with van der Waals surface area (Å²) in [6, 6.07) is 2.79. The molecular formula is C10H14FNO2. The highest BCUT2D eigenvalue weighted by atomic mass is 19.1. The summed E-state index contributed by atoms with van der Waals surface area (Å²) in [5.74, 6) is -0.461. The minimum atomic E-state index is -0.841. The van der Waals surface area contributed by atoms with E-state index in [0.717, 1.165) is 0 Å². The molecule has 0 saturated heterocycles. The lowest BCUT2D eigenvalue weighted by molar-refractivity contribution is 0.130. The number of aliphatic hydroxyl groups excluding tert-OH is 1. The molecule has 78 valence electrons. The number of nitrogens with zero attached hydrogens (tertiary/aromatic N) is 1. The van der Waals surface area contributed by atoms with Gasteiger partial charge < -0.3 is 9.84 Å². The predicted molar refractivity (Wildman–Crippen MR) is 50.3 cm³/mol. The van der Waals surface area contributed by atoms with Crippen molar-refractivity contribution in [3.05, 3.63) is 29.8 Å². The average molecular weight is 199 g/mol. The molecule has 0 saturated carbocycles. The Morgan fingerprint density at radius 2 is 2.43 bits per heavy atom. The molecule has 1 aromatic heterocycles. The Morgan fingerprint density at radius 1 is 1.64 bits per heavy atom. The standard InChI is InChI=1S/C10H14FNO2/c1-14-7-3-5-9(13)10-8(11)4-2-6-12-10/h2,4,6,9,13H,3,5,7H2,1H3. The quantitative estimate of drug-likeness (QED) is 0.733. The number of halogens is 1. The van der Waals surface area contributed by atoms with Gasteiger partial charge in [0.1, 0.15) is 11.5 Å². The van der Waals surface area contributed by atoms with E-state index >= 15 is 0 Å². The molecule has 0 bridgehead atoms. The Morgan fingerprint density at radius 3 is 3.07 bits per heavy atom. The number of rotatable bonds is 5. The number of ether oxygens (including phenoxy) is 1. The molecule has 0 fully saturated rings. The van der Waals surface area contributed by atoms with Crippen molar-refractivity contribution in [3.8, 4) is 0 Å². The van der Waals surface area contributed by atoms with Gasteiger partial charge in [-0.1, -0.05) is 0 Å². The number of methoxy groups -OCH3 is 1. The predicted octanol–water partition coefficient (Wildman–Crippen LogP) is 1.68. The molecule has 1 atom stereocenters. The summed E-state index contributed by atoms with van der Waals surface area (Å²) in [7, 11) is 1.59. The number of hydrogen-bond acceptors (Lipinski definition) is 3. The molecule has 1 aromatic rings. The van der Waals surface area contributed by atoms with Gasteiger partial charge in [-0.25, -0.2) is 4.39 Å². The molecule has 0 radical (unpaired) electrons. The molecule has 0 aliphatic heterocycles. The molecule has 1 heterocycles. The molecule has 14 heavy (non-hydrogen) atoms. The fourth-order valence-electron chi connectivity index (χ4n) is 1.20. The van der Waals surface area contributed by atoms with Crippen molar-refractivity contribution < 1.29 is 14.2 Å². The van der Waals surface area contributed by atoms with E-state index in [1.54, 1.807) is 7.11 Å². The first kappa shape index (κ1) is 11.1. The van der Waals surface area contributed by atoms with E-state index in [-0.39, 0.29) is 5.69 Å². The molecular weight excluding hydrogens is 185 g/mol. The summed E-state index contributed by atoms with van der Waals surface area (Å²) in [6.07, 6.45) is 1.78. The minimum absolute atomic E-state index is 0.114.